The molecule has 0 unspecified atom stereocenters. The summed E-state index contributed by atoms with van der Waals surface area (Å²) < 4.78 is 7.71. The van der Waals surface area contributed by atoms with Gasteiger partial charge in [-0.3, -0.25) is 4.57 Å². The smallest absolute Gasteiger partial charge is 0.196 e. The first-order valence-corrected chi connectivity index (χ1v) is 10.5. The van der Waals surface area contributed by atoms with Gasteiger partial charge in [-0.15, -0.1) is 10.2 Å². The van der Waals surface area contributed by atoms with Gasteiger partial charge in [0.1, 0.15) is 5.75 Å². The Morgan fingerprint density at radius 2 is 1.59 bits per heavy atom. The number of nitrogens with zero attached hydrogens (tertiary/aromatic N) is 3. The first kappa shape index (κ1) is 19.3. The van der Waals surface area contributed by atoms with Crippen LogP contribution in [0.5, 0.6) is 5.75 Å². The molecule has 0 amide bonds. The Bertz CT molecular complexity index is 1120. The van der Waals surface area contributed by atoms with Crippen molar-refractivity contribution >= 4 is 11.8 Å². The van der Waals surface area contributed by atoms with E-state index in [1.807, 2.05) is 36.4 Å². The van der Waals surface area contributed by atoms with E-state index in [0.29, 0.717) is 0 Å². The minimum atomic E-state index is 0.781. The Morgan fingerprint density at radius 3 is 2.34 bits per heavy atom. The van der Waals surface area contributed by atoms with Gasteiger partial charge in [-0.1, -0.05) is 71.9 Å². The number of hydrogen-bond acceptors (Lipinski definition) is 4. The maximum atomic E-state index is 5.58. The number of para-hydroxylation sites is 2. The molecule has 29 heavy (non-hydrogen) atoms. The van der Waals surface area contributed by atoms with Crippen molar-refractivity contribution in [2.24, 2.45) is 0 Å². The predicted molar refractivity (Wildman–Crippen MR) is 119 cm³/mol. The molecule has 3 aromatic carbocycles. The van der Waals surface area contributed by atoms with Crippen LogP contribution in [0, 0.1) is 13.8 Å². The van der Waals surface area contributed by atoms with Crippen LogP contribution in [0.3, 0.4) is 0 Å². The van der Waals surface area contributed by atoms with Crippen LogP contribution in [-0.4, -0.2) is 21.9 Å². The van der Waals surface area contributed by atoms with E-state index in [9.17, 15) is 0 Å². The molecule has 0 aliphatic heterocycles. The Morgan fingerprint density at radius 1 is 0.862 bits per heavy atom. The number of rotatable bonds is 6. The molecule has 0 aliphatic rings. The van der Waals surface area contributed by atoms with Crippen molar-refractivity contribution in [3.8, 4) is 22.8 Å². The van der Waals surface area contributed by atoms with Crippen molar-refractivity contribution < 1.29 is 4.74 Å². The van der Waals surface area contributed by atoms with Crippen molar-refractivity contribution in [2.75, 3.05) is 7.11 Å². The number of aryl methyl sites for hydroxylation is 2. The molecule has 0 spiro atoms. The SMILES string of the molecule is COc1ccccc1-c1nnc(SCc2ccc(C)cc2)n1-c1ccccc1C. The number of benzene rings is 3. The lowest BCUT2D eigenvalue weighted by molar-refractivity contribution is 0.416. The third-order valence-electron chi connectivity index (χ3n) is 4.83. The fraction of sp³-hybridized carbons (Fsp3) is 0.167. The molecule has 0 radical (unpaired) electrons. The molecule has 0 saturated carbocycles. The topological polar surface area (TPSA) is 39.9 Å². The summed E-state index contributed by atoms with van der Waals surface area (Å²) in [6.07, 6.45) is 0. The molecule has 0 aliphatic carbocycles. The van der Waals surface area contributed by atoms with Crippen LogP contribution in [0.2, 0.25) is 0 Å². The average Bonchev–Trinajstić information content (AvgIpc) is 3.17. The molecule has 0 fully saturated rings. The van der Waals surface area contributed by atoms with E-state index in [2.05, 4.69) is 65.0 Å². The quantitative estimate of drug-likeness (QED) is 0.380. The third-order valence-corrected chi connectivity index (χ3v) is 5.83. The molecule has 5 heteroatoms. The van der Waals surface area contributed by atoms with Gasteiger partial charge in [0.15, 0.2) is 11.0 Å². The van der Waals surface area contributed by atoms with Crippen molar-refractivity contribution in [1.82, 2.24) is 14.8 Å². The van der Waals surface area contributed by atoms with Crippen LogP contribution in [0.15, 0.2) is 78.0 Å². The Labute approximate surface area is 175 Å². The molecule has 1 aromatic heterocycles. The van der Waals surface area contributed by atoms with Gasteiger partial charge >= 0.3 is 0 Å². The number of methoxy groups -OCH3 is 1. The van der Waals surface area contributed by atoms with Crippen LogP contribution >= 0.6 is 11.8 Å². The molecule has 4 nitrogen and oxygen atoms in total. The monoisotopic (exact) mass is 401 g/mol. The summed E-state index contributed by atoms with van der Waals surface area (Å²) in [5.74, 6) is 2.39. The van der Waals surface area contributed by atoms with E-state index >= 15 is 0 Å². The van der Waals surface area contributed by atoms with Crippen LogP contribution in [-0.2, 0) is 5.75 Å². The van der Waals surface area contributed by atoms with Crippen LogP contribution in [0.4, 0.5) is 0 Å². The summed E-state index contributed by atoms with van der Waals surface area (Å²) in [6, 6.07) is 24.8. The summed E-state index contributed by atoms with van der Waals surface area (Å²) in [5.41, 5.74) is 5.69. The zero-order valence-electron chi connectivity index (χ0n) is 16.8. The average molecular weight is 402 g/mol. The summed E-state index contributed by atoms with van der Waals surface area (Å²) in [7, 11) is 1.68. The van der Waals surface area contributed by atoms with Crippen molar-refractivity contribution in [1.29, 1.82) is 0 Å². The molecule has 0 N–H and O–H groups in total. The Kier molecular flexibility index (Phi) is 5.67. The van der Waals surface area contributed by atoms with E-state index < -0.39 is 0 Å². The summed E-state index contributed by atoms with van der Waals surface area (Å²) in [4.78, 5) is 0. The number of ether oxygens (including phenoxy) is 1. The standard InChI is InChI=1S/C24H23N3OS/c1-17-12-14-19(15-13-17)16-29-24-26-25-23(20-9-5-7-11-22(20)28-3)27(24)21-10-6-4-8-18(21)2/h4-15H,16H2,1-3H3. The highest BCUT2D eigenvalue weighted by atomic mass is 32.2. The third kappa shape index (κ3) is 4.05. The predicted octanol–water partition coefficient (Wildman–Crippen LogP) is 5.85. The Hall–Kier alpha value is -3.05. The van der Waals surface area contributed by atoms with E-state index in [0.717, 1.165) is 33.7 Å². The number of thioether (sulfide) groups is 1. The summed E-state index contributed by atoms with van der Waals surface area (Å²) in [5, 5.41) is 9.95. The molecular weight excluding hydrogens is 378 g/mol. The van der Waals surface area contributed by atoms with E-state index in [4.69, 9.17) is 4.74 Å². The van der Waals surface area contributed by atoms with Gasteiger partial charge in [0.05, 0.1) is 18.4 Å². The minimum Gasteiger partial charge on any atom is -0.496 e. The molecule has 0 atom stereocenters. The number of aromatic nitrogens is 3. The van der Waals surface area contributed by atoms with Crippen molar-refractivity contribution in [3.63, 3.8) is 0 Å². The van der Waals surface area contributed by atoms with E-state index in [-0.39, 0.29) is 0 Å². The highest BCUT2D eigenvalue weighted by molar-refractivity contribution is 7.98. The van der Waals surface area contributed by atoms with Gasteiger partial charge in [0.25, 0.3) is 0 Å². The normalized spacial score (nSPS) is 10.9. The lowest BCUT2D eigenvalue weighted by Crippen LogP contribution is -2.02. The summed E-state index contributed by atoms with van der Waals surface area (Å²) in [6.45, 7) is 4.21. The molecule has 0 bridgehead atoms. The van der Waals surface area contributed by atoms with Crippen molar-refractivity contribution in [2.45, 2.75) is 24.8 Å². The zero-order chi connectivity index (χ0) is 20.2. The zero-order valence-corrected chi connectivity index (χ0v) is 17.6. The maximum Gasteiger partial charge on any atom is 0.196 e. The second-order valence-electron chi connectivity index (χ2n) is 6.90. The maximum absolute atomic E-state index is 5.58. The van der Waals surface area contributed by atoms with Gasteiger partial charge in [-0.05, 0) is 43.2 Å². The first-order valence-electron chi connectivity index (χ1n) is 9.50. The lowest BCUT2D eigenvalue weighted by Gasteiger charge is -2.14. The Balaban J connectivity index is 1.79. The highest BCUT2D eigenvalue weighted by Gasteiger charge is 2.19. The van der Waals surface area contributed by atoms with Crippen LogP contribution in [0.1, 0.15) is 16.7 Å². The van der Waals surface area contributed by atoms with E-state index in [1.165, 1.54) is 16.7 Å². The molecular formula is C24H23N3OS. The molecule has 1 heterocycles. The second kappa shape index (κ2) is 8.53. The lowest BCUT2D eigenvalue weighted by atomic mass is 10.1. The van der Waals surface area contributed by atoms with Crippen LogP contribution < -0.4 is 4.74 Å². The molecule has 146 valence electrons. The van der Waals surface area contributed by atoms with Gasteiger partial charge in [-0.25, -0.2) is 0 Å². The van der Waals surface area contributed by atoms with Crippen molar-refractivity contribution in [3.05, 3.63) is 89.5 Å². The van der Waals surface area contributed by atoms with Gasteiger partial charge in [0, 0.05) is 5.75 Å². The van der Waals surface area contributed by atoms with Gasteiger partial charge < -0.3 is 4.74 Å². The molecule has 4 aromatic rings. The fourth-order valence-corrected chi connectivity index (χ4v) is 4.13. The highest BCUT2D eigenvalue weighted by Crippen LogP contribution is 2.34. The molecule has 4 rings (SSSR count). The van der Waals surface area contributed by atoms with Gasteiger partial charge in [-0.2, -0.15) is 0 Å². The second-order valence-corrected chi connectivity index (χ2v) is 7.85. The van der Waals surface area contributed by atoms with E-state index in [1.54, 1.807) is 18.9 Å². The first-order chi connectivity index (χ1) is 14.2. The van der Waals surface area contributed by atoms with Crippen LogP contribution in [0.25, 0.3) is 17.1 Å². The molecule has 0 saturated heterocycles. The number of hydrogen-bond donors (Lipinski definition) is 0. The summed E-state index contributed by atoms with van der Waals surface area (Å²) >= 11 is 1.69. The fourth-order valence-electron chi connectivity index (χ4n) is 3.23. The largest absolute Gasteiger partial charge is 0.496 e. The van der Waals surface area contributed by atoms with Gasteiger partial charge in [0.2, 0.25) is 0 Å². The minimum absolute atomic E-state index is 0.781.